The van der Waals surface area contributed by atoms with Gasteiger partial charge in [-0.2, -0.15) is 5.10 Å². The minimum atomic E-state index is -0.326. The summed E-state index contributed by atoms with van der Waals surface area (Å²) in [5.74, 6) is 0.208. The van der Waals surface area contributed by atoms with Crippen molar-refractivity contribution in [2.75, 3.05) is 5.43 Å². The van der Waals surface area contributed by atoms with Gasteiger partial charge in [0, 0.05) is 0 Å². The van der Waals surface area contributed by atoms with Crippen molar-refractivity contribution >= 4 is 12.2 Å². The molecule has 0 aliphatic rings. The number of hydrogen-bond acceptors (Lipinski definition) is 5. The van der Waals surface area contributed by atoms with Crippen LogP contribution in [0.2, 0.25) is 0 Å². The van der Waals surface area contributed by atoms with Crippen molar-refractivity contribution in [3.8, 4) is 0 Å². The van der Waals surface area contributed by atoms with Crippen molar-refractivity contribution in [2.45, 2.75) is 0 Å². The highest BCUT2D eigenvalue weighted by molar-refractivity contribution is 5.79. The number of nitrogens with zero attached hydrogens (tertiary/aromatic N) is 3. The van der Waals surface area contributed by atoms with E-state index in [0.717, 1.165) is 11.8 Å². The van der Waals surface area contributed by atoms with E-state index in [9.17, 15) is 4.79 Å². The van der Waals surface area contributed by atoms with Crippen LogP contribution in [0.15, 0.2) is 46.4 Å². The van der Waals surface area contributed by atoms with Crippen molar-refractivity contribution in [1.29, 1.82) is 0 Å². The second-order valence-corrected chi connectivity index (χ2v) is 2.96. The Bertz CT molecular complexity index is 534. The van der Waals surface area contributed by atoms with E-state index < -0.39 is 0 Å². The van der Waals surface area contributed by atoms with Gasteiger partial charge in [-0.3, -0.25) is 9.78 Å². The normalized spacial score (nSPS) is 10.5. The maximum absolute atomic E-state index is 10.9. The van der Waals surface area contributed by atoms with E-state index in [1.54, 1.807) is 6.21 Å². The number of anilines is 1. The predicted octanol–water partition coefficient (Wildman–Crippen LogP) is 0.611. The Morgan fingerprint density at radius 3 is 2.88 bits per heavy atom. The maximum atomic E-state index is 10.9. The van der Waals surface area contributed by atoms with Gasteiger partial charge in [-0.25, -0.2) is 5.43 Å². The number of aromatic amines is 1. The van der Waals surface area contributed by atoms with Crippen LogP contribution in [0.5, 0.6) is 0 Å². The van der Waals surface area contributed by atoms with E-state index >= 15 is 0 Å². The van der Waals surface area contributed by atoms with Gasteiger partial charge < -0.3 is 0 Å². The van der Waals surface area contributed by atoms with E-state index in [1.807, 2.05) is 30.3 Å². The average Bonchev–Trinajstić information content (AvgIpc) is 2.30. The number of hydrazone groups is 1. The van der Waals surface area contributed by atoms with Crippen molar-refractivity contribution in [3.05, 3.63) is 52.4 Å². The van der Waals surface area contributed by atoms with E-state index in [2.05, 4.69) is 25.7 Å². The zero-order valence-electron chi connectivity index (χ0n) is 8.29. The topological polar surface area (TPSA) is 83.0 Å². The Morgan fingerprint density at radius 2 is 2.12 bits per heavy atom. The lowest BCUT2D eigenvalue weighted by Crippen LogP contribution is -2.10. The van der Waals surface area contributed by atoms with Gasteiger partial charge >= 0.3 is 0 Å². The summed E-state index contributed by atoms with van der Waals surface area (Å²) in [7, 11) is 0. The minimum absolute atomic E-state index is 0.208. The van der Waals surface area contributed by atoms with E-state index in [-0.39, 0.29) is 11.5 Å². The van der Waals surface area contributed by atoms with Gasteiger partial charge in [-0.1, -0.05) is 30.3 Å². The molecule has 0 radical (unpaired) electrons. The van der Waals surface area contributed by atoms with Crippen LogP contribution in [0.1, 0.15) is 5.56 Å². The highest BCUT2D eigenvalue weighted by atomic mass is 16.1. The fourth-order valence-corrected chi connectivity index (χ4v) is 1.07. The van der Waals surface area contributed by atoms with Crippen molar-refractivity contribution in [3.63, 3.8) is 0 Å². The fourth-order valence-electron chi connectivity index (χ4n) is 1.07. The van der Waals surface area contributed by atoms with E-state index in [1.165, 1.54) is 0 Å². The molecule has 0 amide bonds. The molecule has 0 saturated carbocycles. The monoisotopic (exact) mass is 215 g/mol. The third-order valence-corrected chi connectivity index (χ3v) is 1.76. The summed E-state index contributed by atoms with van der Waals surface area (Å²) >= 11 is 0. The lowest BCUT2D eigenvalue weighted by molar-refractivity contribution is 0.939. The summed E-state index contributed by atoms with van der Waals surface area (Å²) in [5, 5.41) is 11.0. The zero-order valence-corrected chi connectivity index (χ0v) is 8.29. The Kier molecular flexibility index (Phi) is 3.03. The smallest absolute Gasteiger partial charge is 0.271 e. The molecule has 1 aromatic heterocycles. The van der Waals surface area contributed by atoms with Crippen LogP contribution in [0.25, 0.3) is 0 Å². The van der Waals surface area contributed by atoms with Crippen LogP contribution in [-0.2, 0) is 0 Å². The molecule has 0 unspecified atom stereocenters. The maximum Gasteiger partial charge on any atom is 0.271 e. The minimum Gasteiger partial charge on any atom is -0.289 e. The highest BCUT2D eigenvalue weighted by Crippen LogP contribution is 1.94. The molecule has 6 nitrogen and oxygen atoms in total. The van der Waals surface area contributed by atoms with Gasteiger partial charge in [0.15, 0.2) is 0 Å². The summed E-state index contributed by atoms with van der Waals surface area (Å²) in [4.78, 5) is 13.3. The molecule has 2 N–H and O–H groups in total. The quantitative estimate of drug-likeness (QED) is 0.580. The second kappa shape index (κ2) is 4.83. The largest absolute Gasteiger partial charge is 0.289 e. The lowest BCUT2D eigenvalue weighted by Gasteiger charge is -1.95. The first-order valence-corrected chi connectivity index (χ1v) is 4.61. The lowest BCUT2D eigenvalue weighted by atomic mass is 10.2. The van der Waals surface area contributed by atoms with Gasteiger partial charge in [0.2, 0.25) is 5.95 Å². The molecule has 0 fully saturated rings. The molecular formula is C10H9N5O. The van der Waals surface area contributed by atoms with Crippen molar-refractivity contribution < 1.29 is 0 Å². The summed E-state index contributed by atoms with van der Waals surface area (Å²) in [6.07, 6.45) is 2.71. The standard InChI is InChI=1S/C10H9N5O/c16-9-7-12-15-10(13-9)14-11-6-8-4-2-1-3-5-8/h1-7H,(H2,13,14,15,16)/b11-6-. The second-order valence-electron chi connectivity index (χ2n) is 2.96. The number of hydrogen-bond donors (Lipinski definition) is 2. The number of benzene rings is 1. The summed E-state index contributed by atoms with van der Waals surface area (Å²) in [6, 6.07) is 9.55. The summed E-state index contributed by atoms with van der Waals surface area (Å²) in [6.45, 7) is 0. The third-order valence-electron chi connectivity index (χ3n) is 1.76. The number of H-pyrrole nitrogens is 1. The first kappa shape index (κ1) is 10.0. The molecule has 16 heavy (non-hydrogen) atoms. The van der Waals surface area contributed by atoms with Gasteiger partial charge in [-0.05, 0) is 5.56 Å². The molecule has 0 saturated heterocycles. The average molecular weight is 215 g/mol. The molecule has 6 heteroatoms. The Hall–Kier alpha value is -2.50. The first-order valence-electron chi connectivity index (χ1n) is 4.61. The summed E-state index contributed by atoms with van der Waals surface area (Å²) < 4.78 is 0. The molecule has 2 aromatic rings. The molecule has 2 rings (SSSR count). The summed E-state index contributed by atoms with van der Waals surface area (Å²) in [5.41, 5.74) is 3.19. The van der Waals surface area contributed by atoms with Gasteiger partial charge in [0.25, 0.3) is 5.56 Å². The fraction of sp³-hybridized carbons (Fsp3) is 0. The van der Waals surface area contributed by atoms with Crippen LogP contribution in [-0.4, -0.2) is 21.4 Å². The molecule has 1 heterocycles. The molecule has 0 aliphatic heterocycles. The molecule has 0 bridgehead atoms. The van der Waals surface area contributed by atoms with Gasteiger partial charge in [0.1, 0.15) is 6.20 Å². The van der Waals surface area contributed by atoms with Crippen molar-refractivity contribution in [2.24, 2.45) is 5.10 Å². The SMILES string of the molecule is O=c1cnnc(N/N=C\c2ccccc2)[nH]1. The van der Waals surface area contributed by atoms with E-state index in [4.69, 9.17) is 0 Å². The van der Waals surface area contributed by atoms with Crippen LogP contribution in [0.3, 0.4) is 0 Å². The Labute approximate surface area is 91.1 Å². The molecular weight excluding hydrogens is 206 g/mol. The Morgan fingerprint density at radius 1 is 1.31 bits per heavy atom. The van der Waals surface area contributed by atoms with Gasteiger partial charge in [0.05, 0.1) is 6.21 Å². The molecule has 1 aromatic carbocycles. The van der Waals surface area contributed by atoms with Crippen LogP contribution < -0.4 is 11.0 Å². The zero-order chi connectivity index (χ0) is 11.2. The van der Waals surface area contributed by atoms with E-state index in [0.29, 0.717) is 0 Å². The third kappa shape index (κ3) is 2.74. The molecule has 0 atom stereocenters. The van der Waals surface area contributed by atoms with Crippen molar-refractivity contribution in [1.82, 2.24) is 15.2 Å². The first-order chi connectivity index (χ1) is 7.84. The van der Waals surface area contributed by atoms with Crippen LogP contribution in [0.4, 0.5) is 5.95 Å². The Balaban J connectivity index is 2.03. The molecule has 0 spiro atoms. The van der Waals surface area contributed by atoms with Crippen LogP contribution >= 0.6 is 0 Å². The number of aromatic nitrogens is 3. The molecule has 80 valence electrons. The number of nitrogens with one attached hydrogen (secondary N) is 2. The molecule has 0 aliphatic carbocycles. The number of rotatable bonds is 3. The van der Waals surface area contributed by atoms with Crippen LogP contribution in [0, 0.1) is 0 Å². The highest BCUT2D eigenvalue weighted by Gasteiger charge is 1.91. The van der Waals surface area contributed by atoms with Gasteiger partial charge in [-0.15, -0.1) is 10.2 Å². The predicted molar refractivity (Wildman–Crippen MR) is 60.3 cm³/mol.